The summed E-state index contributed by atoms with van der Waals surface area (Å²) in [4.78, 5) is 10.4. The summed E-state index contributed by atoms with van der Waals surface area (Å²) >= 11 is 0. The minimum atomic E-state index is -0.890. The van der Waals surface area contributed by atoms with Gasteiger partial charge in [0.1, 0.15) is 5.69 Å². The first-order valence-corrected chi connectivity index (χ1v) is 7.42. The summed E-state index contributed by atoms with van der Waals surface area (Å²) in [6.07, 6.45) is 2.25. The van der Waals surface area contributed by atoms with E-state index in [1.807, 2.05) is 13.0 Å². The smallest absolute Gasteiger partial charge is 0.292 e. The van der Waals surface area contributed by atoms with Crippen LogP contribution in [0.3, 0.4) is 0 Å². The Hall–Kier alpha value is -1.94. The van der Waals surface area contributed by atoms with E-state index < -0.39 is 15.7 Å². The van der Waals surface area contributed by atoms with Crippen molar-refractivity contribution in [2.75, 3.05) is 17.3 Å². The van der Waals surface area contributed by atoms with E-state index in [0.29, 0.717) is 23.4 Å². The Morgan fingerprint density at radius 1 is 1.58 bits per heavy atom. The number of hydrogen-bond donors (Lipinski definition) is 1. The molecular weight excluding hydrogens is 266 g/mol. The number of nitro groups is 1. The molecule has 1 aromatic rings. The summed E-state index contributed by atoms with van der Waals surface area (Å²) in [6, 6.07) is 6.07. The zero-order valence-electron chi connectivity index (χ0n) is 10.8. The highest BCUT2D eigenvalue weighted by atomic mass is 32.2. The van der Waals surface area contributed by atoms with E-state index in [0.717, 1.165) is 0 Å². The summed E-state index contributed by atoms with van der Waals surface area (Å²) in [5, 5.41) is 22.7. The van der Waals surface area contributed by atoms with Gasteiger partial charge < -0.3 is 5.32 Å². The number of nitro benzene ring substituents is 1. The van der Waals surface area contributed by atoms with Crippen molar-refractivity contribution in [2.45, 2.75) is 19.4 Å². The molecule has 0 aliphatic heterocycles. The fourth-order valence-electron chi connectivity index (χ4n) is 1.56. The van der Waals surface area contributed by atoms with E-state index in [9.17, 15) is 14.3 Å². The van der Waals surface area contributed by atoms with Gasteiger partial charge in [0.05, 0.1) is 16.6 Å². The highest BCUT2D eigenvalue weighted by molar-refractivity contribution is 7.84. The number of anilines is 1. The molecule has 0 spiro atoms. The van der Waals surface area contributed by atoms with E-state index in [2.05, 4.69) is 5.32 Å². The number of nitrogens with zero attached hydrogens (tertiary/aromatic N) is 2. The molecule has 0 aromatic heterocycles. The molecule has 0 heterocycles. The van der Waals surface area contributed by atoms with Crippen molar-refractivity contribution in [1.82, 2.24) is 0 Å². The maximum atomic E-state index is 11.0. The van der Waals surface area contributed by atoms with Crippen LogP contribution >= 0.6 is 0 Å². The largest absolute Gasteiger partial charge is 0.377 e. The number of nitriles is 1. The van der Waals surface area contributed by atoms with Crippen LogP contribution in [0.25, 0.3) is 0 Å². The molecule has 7 heteroatoms. The summed E-state index contributed by atoms with van der Waals surface area (Å²) < 4.78 is 11.0. The molecule has 0 aliphatic rings. The third-order valence-corrected chi connectivity index (χ3v) is 3.37. The molecule has 6 nitrogen and oxygen atoms in total. The molecule has 102 valence electrons. The van der Waals surface area contributed by atoms with Gasteiger partial charge in [-0.15, -0.1) is 0 Å². The SMILES string of the molecule is CC(CCS(C)=O)Nc1cc(C#N)ccc1[N+](=O)[O-]. The molecular formula is C12H15N3O3S. The second kappa shape index (κ2) is 6.85. The Morgan fingerprint density at radius 2 is 2.26 bits per heavy atom. The van der Waals surface area contributed by atoms with Gasteiger partial charge in [0.15, 0.2) is 0 Å². The lowest BCUT2D eigenvalue weighted by Crippen LogP contribution is -2.18. The van der Waals surface area contributed by atoms with Crippen molar-refractivity contribution in [3.8, 4) is 6.07 Å². The summed E-state index contributed by atoms with van der Waals surface area (Å²) in [6.45, 7) is 1.86. The molecule has 1 aromatic carbocycles. The van der Waals surface area contributed by atoms with Crippen molar-refractivity contribution >= 4 is 22.2 Å². The molecule has 0 saturated carbocycles. The number of nitrogens with one attached hydrogen (secondary N) is 1. The van der Waals surface area contributed by atoms with E-state index >= 15 is 0 Å². The van der Waals surface area contributed by atoms with Crippen LogP contribution in [0.15, 0.2) is 18.2 Å². The first-order chi connectivity index (χ1) is 8.93. The van der Waals surface area contributed by atoms with Crippen LogP contribution in [0.5, 0.6) is 0 Å². The van der Waals surface area contributed by atoms with Crippen LogP contribution in [0, 0.1) is 21.4 Å². The van der Waals surface area contributed by atoms with E-state index in [-0.39, 0.29) is 11.7 Å². The lowest BCUT2D eigenvalue weighted by Gasteiger charge is -2.14. The lowest BCUT2D eigenvalue weighted by molar-refractivity contribution is -0.384. The van der Waals surface area contributed by atoms with Gasteiger partial charge >= 0.3 is 0 Å². The van der Waals surface area contributed by atoms with Crippen molar-refractivity contribution in [1.29, 1.82) is 5.26 Å². The van der Waals surface area contributed by atoms with Crippen LogP contribution in [-0.4, -0.2) is 27.2 Å². The minimum absolute atomic E-state index is 0.0588. The highest BCUT2D eigenvalue weighted by Crippen LogP contribution is 2.26. The maximum absolute atomic E-state index is 11.0. The van der Waals surface area contributed by atoms with Gasteiger partial charge in [0.2, 0.25) is 0 Å². The predicted octanol–water partition coefficient (Wildman–Crippen LogP) is 2.04. The third-order valence-electron chi connectivity index (χ3n) is 2.56. The average molecular weight is 281 g/mol. The van der Waals surface area contributed by atoms with Crippen molar-refractivity contribution in [2.24, 2.45) is 0 Å². The van der Waals surface area contributed by atoms with Gasteiger partial charge in [-0.3, -0.25) is 14.3 Å². The minimum Gasteiger partial charge on any atom is -0.377 e. The molecule has 0 fully saturated rings. The van der Waals surface area contributed by atoms with E-state index in [1.165, 1.54) is 18.2 Å². The van der Waals surface area contributed by atoms with Gasteiger partial charge in [-0.25, -0.2) is 0 Å². The van der Waals surface area contributed by atoms with Gasteiger partial charge in [0.25, 0.3) is 5.69 Å². The third kappa shape index (κ3) is 4.67. The standard InChI is InChI=1S/C12H15N3O3S/c1-9(5-6-19(2)18)14-11-7-10(8-13)3-4-12(11)15(16)17/h3-4,7,9,14H,5-6H2,1-2H3. The molecule has 0 bridgehead atoms. The molecule has 2 atom stereocenters. The molecule has 1 rings (SSSR count). The predicted molar refractivity (Wildman–Crippen MR) is 74.4 cm³/mol. The first kappa shape index (κ1) is 15.1. The Morgan fingerprint density at radius 3 is 2.79 bits per heavy atom. The van der Waals surface area contributed by atoms with E-state index in [1.54, 1.807) is 6.26 Å². The summed E-state index contributed by atoms with van der Waals surface area (Å²) in [5.41, 5.74) is 0.612. The van der Waals surface area contributed by atoms with E-state index in [4.69, 9.17) is 5.26 Å². The zero-order chi connectivity index (χ0) is 14.4. The van der Waals surface area contributed by atoms with Crippen LogP contribution in [0.1, 0.15) is 18.9 Å². The summed E-state index contributed by atoms with van der Waals surface area (Å²) in [7, 11) is -0.890. The topological polar surface area (TPSA) is 96.0 Å². The molecule has 1 N–H and O–H groups in total. The number of rotatable bonds is 6. The monoisotopic (exact) mass is 281 g/mol. The highest BCUT2D eigenvalue weighted by Gasteiger charge is 2.16. The molecule has 0 saturated heterocycles. The quantitative estimate of drug-likeness (QED) is 0.635. The van der Waals surface area contributed by atoms with Crippen LogP contribution in [0.4, 0.5) is 11.4 Å². The Kier molecular flexibility index (Phi) is 5.45. The van der Waals surface area contributed by atoms with Crippen molar-refractivity contribution in [3.63, 3.8) is 0 Å². The van der Waals surface area contributed by atoms with Crippen LogP contribution in [0.2, 0.25) is 0 Å². The van der Waals surface area contributed by atoms with Gasteiger partial charge in [0, 0.05) is 34.9 Å². The summed E-state index contributed by atoms with van der Waals surface area (Å²) in [5.74, 6) is 0.528. The van der Waals surface area contributed by atoms with Crippen LogP contribution < -0.4 is 5.32 Å². The normalized spacial score (nSPS) is 13.3. The fraction of sp³-hybridized carbons (Fsp3) is 0.417. The first-order valence-electron chi connectivity index (χ1n) is 5.69. The Labute approximate surface area is 114 Å². The lowest BCUT2D eigenvalue weighted by atomic mass is 10.1. The number of benzene rings is 1. The second-order valence-electron chi connectivity index (χ2n) is 4.21. The second-order valence-corrected chi connectivity index (χ2v) is 5.77. The molecule has 19 heavy (non-hydrogen) atoms. The van der Waals surface area contributed by atoms with Crippen molar-refractivity contribution < 1.29 is 9.13 Å². The number of hydrogen-bond acceptors (Lipinski definition) is 5. The van der Waals surface area contributed by atoms with Gasteiger partial charge in [-0.05, 0) is 25.5 Å². The maximum Gasteiger partial charge on any atom is 0.292 e. The van der Waals surface area contributed by atoms with Gasteiger partial charge in [-0.1, -0.05) is 0 Å². The van der Waals surface area contributed by atoms with Crippen LogP contribution in [-0.2, 0) is 10.8 Å². The average Bonchev–Trinajstić information content (AvgIpc) is 2.35. The van der Waals surface area contributed by atoms with Gasteiger partial charge in [-0.2, -0.15) is 5.26 Å². The Bertz CT molecular complexity index is 540. The van der Waals surface area contributed by atoms with Crippen molar-refractivity contribution in [3.05, 3.63) is 33.9 Å². The molecule has 0 amide bonds. The fourth-order valence-corrected chi connectivity index (χ4v) is 2.25. The molecule has 0 radical (unpaired) electrons. The molecule has 2 unspecified atom stereocenters. The zero-order valence-corrected chi connectivity index (χ0v) is 11.6. The molecule has 0 aliphatic carbocycles. The Balaban J connectivity index is 2.88.